The highest BCUT2D eigenvalue weighted by Crippen LogP contribution is 2.32. The van der Waals surface area contributed by atoms with Crippen LogP contribution in [0.3, 0.4) is 0 Å². The number of anilines is 4. The van der Waals surface area contributed by atoms with E-state index >= 15 is 0 Å². The van der Waals surface area contributed by atoms with Gasteiger partial charge in [-0.05, 0) is 36.8 Å². The molecule has 3 aromatic rings. The van der Waals surface area contributed by atoms with Gasteiger partial charge in [0.25, 0.3) is 5.56 Å². The van der Waals surface area contributed by atoms with Crippen LogP contribution in [0.2, 0.25) is 10.0 Å². The van der Waals surface area contributed by atoms with Crippen LogP contribution in [0, 0.1) is 6.92 Å². The van der Waals surface area contributed by atoms with Crippen molar-refractivity contribution in [1.82, 2.24) is 9.97 Å². The summed E-state index contributed by atoms with van der Waals surface area (Å²) in [4.78, 5) is 44.9. The van der Waals surface area contributed by atoms with E-state index in [1.54, 1.807) is 24.3 Å². The number of halogens is 2. The zero-order chi connectivity index (χ0) is 22.1. The molecule has 0 aliphatic carbocycles. The first kappa shape index (κ1) is 20.9. The number of H-pyrrole nitrogens is 1. The fourth-order valence-corrected chi connectivity index (χ4v) is 3.76. The van der Waals surface area contributed by atoms with E-state index in [9.17, 15) is 14.4 Å². The summed E-state index contributed by atoms with van der Waals surface area (Å²) in [7, 11) is 0. The smallest absolute Gasteiger partial charge is 0.258 e. The lowest BCUT2D eigenvalue weighted by molar-refractivity contribution is -0.123. The van der Waals surface area contributed by atoms with E-state index in [1.807, 2.05) is 19.1 Å². The molecule has 1 aliphatic heterocycles. The molecular weight excluding hydrogens is 441 g/mol. The Kier molecular flexibility index (Phi) is 5.67. The van der Waals surface area contributed by atoms with Crippen molar-refractivity contribution in [3.05, 3.63) is 74.0 Å². The Bertz CT molecular complexity index is 1260. The zero-order valence-corrected chi connectivity index (χ0v) is 17.8. The molecule has 1 aromatic heterocycles. The first-order valence-corrected chi connectivity index (χ1v) is 10.1. The highest BCUT2D eigenvalue weighted by Gasteiger charge is 2.35. The van der Waals surface area contributed by atoms with E-state index in [0.29, 0.717) is 21.4 Å². The molecule has 4 N–H and O–H groups in total. The van der Waals surface area contributed by atoms with Gasteiger partial charge in [0.2, 0.25) is 17.8 Å². The number of fused-ring (bicyclic) bond motifs is 1. The van der Waals surface area contributed by atoms with Crippen molar-refractivity contribution < 1.29 is 9.59 Å². The lowest BCUT2D eigenvalue weighted by Gasteiger charge is -2.24. The van der Waals surface area contributed by atoms with E-state index in [0.717, 1.165) is 5.56 Å². The Hall–Kier alpha value is -3.36. The first-order chi connectivity index (χ1) is 14.8. The summed E-state index contributed by atoms with van der Waals surface area (Å²) < 4.78 is 0. The number of carbonyl (C=O) groups is 2. The third-order valence-electron chi connectivity index (χ3n) is 4.85. The van der Waals surface area contributed by atoms with Crippen LogP contribution in [-0.2, 0) is 9.59 Å². The molecular formula is C21H17Cl2N5O3. The maximum absolute atomic E-state index is 12.9. The number of para-hydroxylation sites is 1. The minimum absolute atomic E-state index is 0.0255. The molecule has 2 aromatic carbocycles. The normalized spacial score (nSPS) is 15.1. The second kappa shape index (κ2) is 8.41. The quantitative estimate of drug-likeness (QED) is 0.468. The van der Waals surface area contributed by atoms with Crippen LogP contribution >= 0.6 is 23.2 Å². The van der Waals surface area contributed by atoms with Crippen molar-refractivity contribution in [3.8, 4) is 0 Å². The number of benzene rings is 2. The van der Waals surface area contributed by atoms with Crippen LogP contribution in [0.4, 0.5) is 23.1 Å². The SMILES string of the molecule is Cc1ccccc1NC(=O)[C@@H]1CC(=O)Nc2nc(Nc3ccc(Cl)cc3Cl)[nH]c(=O)c21. The number of carbonyl (C=O) groups excluding carboxylic acids is 2. The molecule has 8 nitrogen and oxygen atoms in total. The topological polar surface area (TPSA) is 116 Å². The fraction of sp³-hybridized carbons (Fsp3) is 0.143. The predicted molar refractivity (Wildman–Crippen MR) is 120 cm³/mol. The molecule has 1 aliphatic rings. The Morgan fingerprint density at radius 2 is 1.90 bits per heavy atom. The third-order valence-corrected chi connectivity index (χ3v) is 5.40. The van der Waals surface area contributed by atoms with Gasteiger partial charge in [-0.3, -0.25) is 19.4 Å². The van der Waals surface area contributed by atoms with Crippen LogP contribution in [-0.4, -0.2) is 21.8 Å². The summed E-state index contributed by atoms with van der Waals surface area (Å²) in [6.45, 7) is 1.85. The molecule has 10 heteroatoms. The molecule has 2 heterocycles. The van der Waals surface area contributed by atoms with Crippen LogP contribution in [0.15, 0.2) is 47.3 Å². The minimum Gasteiger partial charge on any atom is -0.325 e. The number of amides is 2. The molecule has 4 rings (SSSR count). The molecule has 0 saturated carbocycles. The van der Waals surface area contributed by atoms with Crippen LogP contribution in [0.25, 0.3) is 0 Å². The summed E-state index contributed by atoms with van der Waals surface area (Å²) >= 11 is 12.0. The third kappa shape index (κ3) is 4.40. The molecule has 0 saturated heterocycles. The van der Waals surface area contributed by atoms with Crippen molar-refractivity contribution >= 4 is 58.2 Å². The molecule has 1 atom stereocenters. The first-order valence-electron chi connectivity index (χ1n) is 9.34. The van der Waals surface area contributed by atoms with E-state index in [-0.39, 0.29) is 23.8 Å². The van der Waals surface area contributed by atoms with Gasteiger partial charge in [0.15, 0.2) is 0 Å². The monoisotopic (exact) mass is 457 g/mol. The van der Waals surface area contributed by atoms with E-state index in [2.05, 4.69) is 25.9 Å². The number of nitrogens with one attached hydrogen (secondary N) is 4. The molecule has 2 amide bonds. The number of hydrogen-bond donors (Lipinski definition) is 4. The fourth-order valence-electron chi connectivity index (χ4n) is 3.31. The number of aromatic nitrogens is 2. The summed E-state index contributed by atoms with van der Waals surface area (Å²) in [6, 6.07) is 12.0. The maximum atomic E-state index is 12.9. The number of nitrogens with zero attached hydrogens (tertiary/aromatic N) is 1. The van der Waals surface area contributed by atoms with Crippen LogP contribution in [0.5, 0.6) is 0 Å². The number of rotatable bonds is 4. The largest absolute Gasteiger partial charge is 0.325 e. The lowest BCUT2D eigenvalue weighted by atomic mass is 9.92. The highest BCUT2D eigenvalue weighted by molar-refractivity contribution is 6.36. The van der Waals surface area contributed by atoms with Crippen molar-refractivity contribution in [1.29, 1.82) is 0 Å². The van der Waals surface area contributed by atoms with Gasteiger partial charge in [0.05, 0.1) is 22.2 Å². The molecule has 0 spiro atoms. The summed E-state index contributed by atoms with van der Waals surface area (Å²) in [5, 5.41) is 9.03. The van der Waals surface area contributed by atoms with E-state index in [1.165, 1.54) is 6.07 Å². The molecule has 0 fully saturated rings. The molecule has 31 heavy (non-hydrogen) atoms. The second-order valence-electron chi connectivity index (χ2n) is 7.04. The average molecular weight is 458 g/mol. The molecule has 0 unspecified atom stereocenters. The second-order valence-corrected chi connectivity index (χ2v) is 7.88. The summed E-state index contributed by atoms with van der Waals surface area (Å²) in [5.74, 6) is -1.76. The number of hydrogen-bond acceptors (Lipinski definition) is 5. The average Bonchev–Trinajstić information content (AvgIpc) is 2.71. The Labute approximate surface area is 187 Å². The van der Waals surface area contributed by atoms with Gasteiger partial charge in [-0.25, -0.2) is 0 Å². The molecule has 0 radical (unpaired) electrons. The van der Waals surface area contributed by atoms with Gasteiger partial charge >= 0.3 is 0 Å². The minimum atomic E-state index is -0.979. The van der Waals surface area contributed by atoms with Gasteiger partial charge in [-0.1, -0.05) is 41.4 Å². The van der Waals surface area contributed by atoms with Gasteiger partial charge in [0, 0.05) is 17.1 Å². The van der Waals surface area contributed by atoms with Crippen LogP contribution in [0.1, 0.15) is 23.5 Å². The van der Waals surface area contributed by atoms with Gasteiger partial charge in [-0.15, -0.1) is 0 Å². The predicted octanol–water partition coefficient (Wildman–Crippen LogP) is 4.19. The van der Waals surface area contributed by atoms with Gasteiger partial charge in [0.1, 0.15) is 5.82 Å². The molecule has 158 valence electrons. The Morgan fingerprint density at radius 1 is 1.13 bits per heavy atom. The number of aryl methyl sites for hydroxylation is 1. The highest BCUT2D eigenvalue weighted by atomic mass is 35.5. The molecule has 0 bridgehead atoms. The van der Waals surface area contributed by atoms with Crippen LogP contribution < -0.4 is 21.5 Å². The lowest BCUT2D eigenvalue weighted by Crippen LogP contribution is -2.36. The summed E-state index contributed by atoms with van der Waals surface area (Å²) in [5.41, 5.74) is 1.49. The van der Waals surface area contributed by atoms with E-state index in [4.69, 9.17) is 23.2 Å². The van der Waals surface area contributed by atoms with Crippen molar-refractivity contribution in [3.63, 3.8) is 0 Å². The van der Waals surface area contributed by atoms with Crippen molar-refractivity contribution in [2.75, 3.05) is 16.0 Å². The Morgan fingerprint density at radius 3 is 2.65 bits per heavy atom. The summed E-state index contributed by atoms with van der Waals surface area (Å²) in [6.07, 6.45) is -0.161. The van der Waals surface area contributed by atoms with Crippen molar-refractivity contribution in [2.24, 2.45) is 0 Å². The number of aromatic amines is 1. The van der Waals surface area contributed by atoms with Gasteiger partial charge < -0.3 is 16.0 Å². The van der Waals surface area contributed by atoms with Crippen molar-refractivity contribution in [2.45, 2.75) is 19.3 Å². The zero-order valence-electron chi connectivity index (χ0n) is 16.3. The maximum Gasteiger partial charge on any atom is 0.258 e. The Balaban J connectivity index is 1.66. The van der Waals surface area contributed by atoms with Gasteiger partial charge in [-0.2, -0.15) is 4.98 Å². The van der Waals surface area contributed by atoms with E-state index < -0.39 is 23.3 Å². The standard InChI is InChI=1S/C21H17Cl2N5O3/c1-10-4-2-3-5-14(10)24-19(30)12-9-16(29)26-18-17(12)20(31)28-21(27-18)25-15-7-6-11(22)8-13(15)23/h2-8,12H,9H2,1H3,(H,24,30)(H3,25,26,27,28,29,31)/t12-/m1/s1.